The fourth-order valence-electron chi connectivity index (χ4n) is 2.70. The summed E-state index contributed by atoms with van der Waals surface area (Å²) in [6, 6.07) is 7.27. The van der Waals surface area contributed by atoms with Crippen LogP contribution in [0.1, 0.15) is 76.1 Å². The van der Waals surface area contributed by atoms with Gasteiger partial charge in [0.15, 0.2) is 0 Å². The number of hydrogen-bond acceptors (Lipinski definition) is 2. The lowest BCUT2D eigenvalue weighted by molar-refractivity contribution is -0.116. The number of carbonyl (C=O) groups excluding carboxylic acids is 2. The second-order valence-electron chi connectivity index (χ2n) is 6.23. The van der Waals surface area contributed by atoms with Gasteiger partial charge in [0.05, 0.1) is 0 Å². The van der Waals surface area contributed by atoms with Crippen molar-refractivity contribution in [2.24, 2.45) is 0 Å². The molecule has 0 aliphatic carbocycles. The van der Waals surface area contributed by atoms with E-state index in [-0.39, 0.29) is 11.8 Å². The van der Waals surface area contributed by atoms with Gasteiger partial charge >= 0.3 is 0 Å². The summed E-state index contributed by atoms with van der Waals surface area (Å²) in [6.45, 7) is 7.83. The molecule has 2 amide bonds. The minimum atomic E-state index is 0.0228. The Balaban J connectivity index is 2.65. The smallest absolute Gasteiger partial charge is 0.253 e. The van der Waals surface area contributed by atoms with Gasteiger partial charge in [-0.2, -0.15) is 0 Å². The van der Waals surface area contributed by atoms with E-state index in [1.807, 2.05) is 23.1 Å². The fraction of sp³-hybridized carbons (Fsp3) is 0.600. The molecule has 0 saturated heterocycles. The first-order chi connectivity index (χ1) is 11.6. The van der Waals surface area contributed by atoms with Crippen LogP contribution in [0, 0.1) is 0 Å². The quantitative estimate of drug-likeness (QED) is 0.588. The molecule has 134 valence electrons. The highest BCUT2D eigenvalue weighted by atomic mass is 16.2. The Morgan fingerprint density at radius 1 is 0.958 bits per heavy atom. The minimum absolute atomic E-state index is 0.0228. The second-order valence-corrected chi connectivity index (χ2v) is 6.23. The number of anilines is 1. The zero-order valence-electron chi connectivity index (χ0n) is 15.4. The van der Waals surface area contributed by atoms with Crippen molar-refractivity contribution in [3.05, 3.63) is 29.8 Å². The number of rotatable bonds is 11. The average molecular weight is 332 g/mol. The number of unbranched alkanes of at least 4 members (excludes halogenated alkanes) is 3. The Morgan fingerprint density at radius 3 is 2.29 bits per heavy atom. The normalized spacial score (nSPS) is 10.5. The van der Waals surface area contributed by atoms with Crippen LogP contribution in [0.2, 0.25) is 0 Å². The van der Waals surface area contributed by atoms with Gasteiger partial charge in [-0.1, -0.05) is 46.1 Å². The molecule has 0 fully saturated rings. The third kappa shape index (κ3) is 7.16. The largest absolute Gasteiger partial charge is 0.339 e. The first kappa shape index (κ1) is 20.2. The topological polar surface area (TPSA) is 49.4 Å². The second kappa shape index (κ2) is 11.7. The summed E-state index contributed by atoms with van der Waals surface area (Å²) in [5.41, 5.74) is 1.34. The van der Waals surface area contributed by atoms with Crippen LogP contribution < -0.4 is 5.32 Å². The van der Waals surface area contributed by atoms with Crippen molar-refractivity contribution < 1.29 is 9.59 Å². The van der Waals surface area contributed by atoms with E-state index in [9.17, 15) is 9.59 Å². The van der Waals surface area contributed by atoms with Crippen LogP contribution in [-0.2, 0) is 4.79 Å². The maximum atomic E-state index is 12.6. The molecule has 0 aliphatic rings. The van der Waals surface area contributed by atoms with E-state index in [0.717, 1.165) is 45.2 Å². The molecule has 0 aromatic heterocycles. The lowest BCUT2D eigenvalue weighted by Crippen LogP contribution is -2.32. The van der Waals surface area contributed by atoms with Gasteiger partial charge in [0.1, 0.15) is 0 Å². The van der Waals surface area contributed by atoms with Crippen molar-refractivity contribution in [3.63, 3.8) is 0 Å². The Hall–Kier alpha value is -1.84. The highest BCUT2D eigenvalue weighted by Crippen LogP contribution is 2.14. The number of nitrogens with zero attached hydrogens (tertiary/aromatic N) is 1. The van der Waals surface area contributed by atoms with Gasteiger partial charge in [0.25, 0.3) is 5.91 Å². The van der Waals surface area contributed by atoms with Crippen molar-refractivity contribution in [1.29, 1.82) is 0 Å². The zero-order valence-corrected chi connectivity index (χ0v) is 15.4. The van der Waals surface area contributed by atoms with Gasteiger partial charge in [-0.15, -0.1) is 0 Å². The molecule has 0 radical (unpaired) electrons. The molecule has 0 atom stereocenters. The molecule has 0 spiro atoms. The molecule has 0 bridgehead atoms. The van der Waals surface area contributed by atoms with Crippen LogP contribution in [0.3, 0.4) is 0 Å². The molecule has 24 heavy (non-hydrogen) atoms. The van der Waals surface area contributed by atoms with Gasteiger partial charge in [0, 0.05) is 30.8 Å². The van der Waals surface area contributed by atoms with Crippen LogP contribution >= 0.6 is 0 Å². The molecule has 4 nitrogen and oxygen atoms in total. The lowest BCUT2D eigenvalue weighted by atomic mass is 10.1. The SMILES string of the molecule is CCCCCCC(=O)Nc1cccc(C(=O)N(CCC)CCC)c1. The molecule has 1 N–H and O–H groups in total. The Labute approximate surface area is 146 Å². The van der Waals surface area contributed by atoms with Crippen molar-refractivity contribution in [2.45, 2.75) is 65.7 Å². The maximum absolute atomic E-state index is 12.6. The van der Waals surface area contributed by atoms with E-state index in [2.05, 4.69) is 26.1 Å². The fourth-order valence-corrected chi connectivity index (χ4v) is 2.70. The number of nitrogens with one attached hydrogen (secondary N) is 1. The Kier molecular flexibility index (Phi) is 9.81. The Morgan fingerprint density at radius 2 is 1.67 bits per heavy atom. The first-order valence-electron chi connectivity index (χ1n) is 9.31. The van der Waals surface area contributed by atoms with E-state index >= 15 is 0 Å². The molecule has 0 aliphatic heterocycles. The molecule has 0 saturated carbocycles. The monoisotopic (exact) mass is 332 g/mol. The molecule has 4 heteroatoms. The van der Waals surface area contributed by atoms with Crippen molar-refractivity contribution in [3.8, 4) is 0 Å². The highest BCUT2D eigenvalue weighted by Gasteiger charge is 2.14. The first-order valence-corrected chi connectivity index (χ1v) is 9.31. The van der Waals surface area contributed by atoms with Crippen LogP contribution in [0.5, 0.6) is 0 Å². The predicted molar refractivity (Wildman–Crippen MR) is 100 cm³/mol. The summed E-state index contributed by atoms with van der Waals surface area (Å²) >= 11 is 0. The Bertz CT molecular complexity index is 508. The number of amides is 2. The molecular weight excluding hydrogens is 300 g/mol. The molecular formula is C20H32N2O2. The highest BCUT2D eigenvalue weighted by molar-refractivity contribution is 5.97. The van der Waals surface area contributed by atoms with Gasteiger partial charge in [-0.25, -0.2) is 0 Å². The molecule has 0 heterocycles. The zero-order chi connectivity index (χ0) is 17.8. The summed E-state index contributed by atoms with van der Waals surface area (Å²) in [5.74, 6) is 0.0624. The summed E-state index contributed by atoms with van der Waals surface area (Å²) in [4.78, 5) is 26.5. The van der Waals surface area contributed by atoms with Gasteiger partial charge in [-0.3, -0.25) is 9.59 Å². The number of carbonyl (C=O) groups is 2. The van der Waals surface area contributed by atoms with E-state index in [1.165, 1.54) is 6.42 Å². The summed E-state index contributed by atoms with van der Waals surface area (Å²) < 4.78 is 0. The molecule has 1 aromatic carbocycles. The molecule has 1 aromatic rings. The van der Waals surface area contributed by atoms with Crippen molar-refractivity contribution in [2.75, 3.05) is 18.4 Å². The summed E-state index contributed by atoms with van der Waals surface area (Å²) in [7, 11) is 0. The van der Waals surface area contributed by atoms with Crippen molar-refractivity contribution in [1.82, 2.24) is 4.90 Å². The van der Waals surface area contributed by atoms with Crippen LogP contribution in [0.25, 0.3) is 0 Å². The van der Waals surface area contributed by atoms with E-state index in [4.69, 9.17) is 0 Å². The molecule has 1 rings (SSSR count). The van der Waals surface area contributed by atoms with Crippen LogP contribution in [0.4, 0.5) is 5.69 Å². The van der Waals surface area contributed by atoms with Gasteiger partial charge in [0.2, 0.25) is 5.91 Å². The van der Waals surface area contributed by atoms with Crippen molar-refractivity contribution >= 4 is 17.5 Å². The third-order valence-electron chi connectivity index (χ3n) is 3.92. The maximum Gasteiger partial charge on any atom is 0.253 e. The molecule has 0 unspecified atom stereocenters. The average Bonchev–Trinajstić information content (AvgIpc) is 2.58. The summed E-state index contributed by atoms with van der Waals surface area (Å²) in [6.07, 6.45) is 6.76. The predicted octanol–water partition coefficient (Wildman–Crippen LogP) is 4.86. The van der Waals surface area contributed by atoms with Crippen LogP contribution in [0.15, 0.2) is 24.3 Å². The van der Waals surface area contributed by atoms with E-state index in [1.54, 1.807) is 6.07 Å². The standard InChI is InChI=1S/C20H32N2O2/c1-4-7-8-9-13-19(23)21-18-12-10-11-17(16-18)20(24)22(14-5-2)15-6-3/h10-12,16H,4-9,13-15H2,1-3H3,(H,21,23). The van der Waals surface area contributed by atoms with Gasteiger partial charge < -0.3 is 10.2 Å². The third-order valence-corrected chi connectivity index (χ3v) is 3.92. The summed E-state index contributed by atoms with van der Waals surface area (Å²) in [5, 5.41) is 2.91. The van der Waals surface area contributed by atoms with E-state index < -0.39 is 0 Å². The van der Waals surface area contributed by atoms with E-state index in [0.29, 0.717) is 17.7 Å². The van der Waals surface area contributed by atoms with Gasteiger partial charge in [-0.05, 0) is 37.5 Å². The van der Waals surface area contributed by atoms with Crippen LogP contribution in [-0.4, -0.2) is 29.8 Å². The minimum Gasteiger partial charge on any atom is -0.339 e. The number of benzene rings is 1. The number of hydrogen-bond donors (Lipinski definition) is 1. The lowest BCUT2D eigenvalue weighted by Gasteiger charge is -2.21.